The number of amidine groups is 1. The summed E-state index contributed by atoms with van der Waals surface area (Å²) in [5.41, 5.74) is 7.46. The molecule has 2 aromatic heterocycles. The van der Waals surface area contributed by atoms with Crippen LogP contribution in [0.15, 0.2) is 24.5 Å². The van der Waals surface area contributed by atoms with E-state index in [2.05, 4.69) is 15.3 Å². The van der Waals surface area contributed by atoms with E-state index < -0.39 is 11.7 Å². The van der Waals surface area contributed by atoms with E-state index >= 15 is 0 Å². The highest BCUT2D eigenvalue weighted by Gasteiger charge is 2.33. The summed E-state index contributed by atoms with van der Waals surface area (Å²) in [6.07, 6.45) is 4.12. The monoisotopic (exact) mass is 384 g/mol. The van der Waals surface area contributed by atoms with Gasteiger partial charge in [0.05, 0.1) is 35.6 Å². The largest absolute Gasteiger partial charge is 0.477 e. The predicted octanol–water partition coefficient (Wildman–Crippen LogP) is 2.33. The van der Waals surface area contributed by atoms with Crippen molar-refractivity contribution in [3.63, 3.8) is 0 Å². The Bertz CT molecular complexity index is 950. The second-order valence-electron chi connectivity index (χ2n) is 7.11. The van der Waals surface area contributed by atoms with Gasteiger partial charge in [-0.2, -0.15) is 0 Å². The smallest absolute Gasteiger partial charge is 0.230 e. The molecule has 2 aliphatic heterocycles. The van der Waals surface area contributed by atoms with Gasteiger partial charge in [-0.3, -0.25) is 10.2 Å². The standard InChI is InChI=1S/C19H21FN6O2/c1-10-9-28-19-13(5-11(20)7-24-19)15-3-2-4-26(15)17(22)14-6-12(25-18(10)27)8-23-16(14)21/h5-8,10,15,22H,2-4,9H2,1H3,(H2,21,23)(H,25,27)/t10-,15-/m1/s1. The second-order valence-corrected chi connectivity index (χ2v) is 7.11. The number of aromatic nitrogens is 2. The van der Waals surface area contributed by atoms with Crippen LogP contribution in [0.2, 0.25) is 0 Å². The van der Waals surface area contributed by atoms with Crippen LogP contribution in [0.3, 0.4) is 0 Å². The van der Waals surface area contributed by atoms with Gasteiger partial charge in [0.1, 0.15) is 24.1 Å². The number of nitrogens with one attached hydrogen (secondary N) is 2. The summed E-state index contributed by atoms with van der Waals surface area (Å²) in [6, 6.07) is 2.77. The normalized spacial score (nSPS) is 22.1. The molecule has 0 saturated carbocycles. The van der Waals surface area contributed by atoms with Gasteiger partial charge >= 0.3 is 0 Å². The Morgan fingerprint density at radius 2 is 2.18 bits per heavy atom. The topological polar surface area (TPSA) is 117 Å². The lowest BCUT2D eigenvalue weighted by molar-refractivity contribution is -0.120. The van der Waals surface area contributed by atoms with Crippen LogP contribution in [0.1, 0.15) is 36.9 Å². The molecule has 0 radical (unpaired) electrons. The van der Waals surface area contributed by atoms with Crippen molar-refractivity contribution >= 4 is 23.2 Å². The number of nitrogen functional groups attached to an aromatic ring is 1. The fourth-order valence-electron chi connectivity index (χ4n) is 3.59. The number of fused-ring (bicyclic) bond motifs is 5. The van der Waals surface area contributed by atoms with Gasteiger partial charge in [-0.25, -0.2) is 14.4 Å². The molecule has 8 nitrogen and oxygen atoms in total. The Balaban J connectivity index is 1.84. The lowest BCUT2D eigenvalue weighted by atomic mass is 10.0. The number of amides is 1. The Kier molecular flexibility index (Phi) is 4.58. The highest BCUT2D eigenvalue weighted by molar-refractivity contribution is 6.02. The van der Waals surface area contributed by atoms with E-state index in [-0.39, 0.29) is 36.1 Å². The molecule has 2 aliphatic rings. The molecule has 1 saturated heterocycles. The first kappa shape index (κ1) is 18.1. The average molecular weight is 384 g/mol. The molecule has 0 aromatic carbocycles. The number of nitrogens with two attached hydrogens (primary N) is 1. The summed E-state index contributed by atoms with van der Waals surface area (Å²) >= 11 is 0. The number of hydrogen-bond donors (Lipinski definition) is 3. The van der Waals surface area contributed by atoms with E-state index in [0.29, 0.717) is 23.4 Å². The molecule has 4 rings (SSSR count). The molecular formula is C19H21FN6O2. The number of halogens is 1. The van der Waals surface area contributed by atoms with Gasteiger partial charge in [-0.1, -0.05) is 6.92 Å². The molecule has 4 N–H and O–H groups in total. The summed E-state index contributed by atoms with van der Waals surface area (Å²) in [5.74, 6) is -0.550. The fraction of sp³-hybridized carbons (Fsp3) is 0.368. The molecule has 28 heavy (non-hydrogen) atoms. The first-order valence-electron chi connectivity index (χ1n) is 9.14. The van der Waals surface area contributed by atoms with Crippen molar-refractivity contribution < 1.29 is 13.9 Å². The zero-order chi connectivity index (χ0) is 19.8. The minimum absolute atomic E-state index is 0.0941. The molecule has 1 amide bonds. The molecule has 146 valence electrons. The number of rotatable bonds is 0. The van der Waals surface area contributed by atoms with E-state index in [0.717, 1.165) is 19.0 Å². The van der Waals surface area contributed by atoms with Gasteiger partial charge in [-0.05, 0) is 25.0 Å². The lowest BCUT2D eigenvalue weighted by Gasteiger charge is -2.28. The molecule has 9 heteroatoms. The van der Waals surface area contributed by atoms with Gasteiger partial charge in [0.2, 0.25) is 11.8 Å². The third-order valence-corrected chi connectivity index (χ3v) is 5.10. The maximum Gasteiger partial charge on any atom is 0.230 e. The highest BCUT2D eigenvalue weighted by Crippen LogP contribution is 2.38. The molecular weight excluding hydrogens is 363 g/mol. The molecule has 2 atom stereocenters. The Labute approximate surface area is 161 Å². The van der Waals surface area contributed by atoms with Gasteiger partial charge < -0.3 is 20.7 Å². The first-order valence-corrected chi connectivity index (χ1v) is 9.14. The summed E-state index contributed by atoms with van der Waals surface area (Å²) < 4.78 is 19.8. The Morgan fingerprint density at radius 1 is 1.36 bits per heavy atom. The van der Waals surface area contributed by atoms with Gasteiger partial charge in [-0.15, -0.1) is 0 Å². The van der Waals surface area contributed by atoms with Crippen LogP contribution < -0.4 is 15.8 Å². The maximum atomic E-state index is 14.0. The summed E-state index contributed by atoms with van der Waals surface area (Å²) in [7, 11) is 0. The van der Waals surface area contributed by atoms with Crippen LogP contribution in [-0.2, 0) is 4.79 Å². The van der Waals surface area contributed by atoms with Crippen molar-refractivity contribution in [3.05, 3.63) is 41.5 Å². The first-order chi connectivity index (χ1) is 13.4. The van der Waals surface area contributed by atoms with E-state index in [1.54, 1.807) is 13.0 Å². The quantitative estimate of drug-likeness (QED) is 0.642. The lowest BCUT2D eigenvalue weighted by Crippen LogP contribution is -2.31. The van der Waals surface area contributed by atoms with E-state index in [4.69, 9.17) is 15.9 Å². The van der Waals surface area contributed by atoms with Crippen LogP contribution in [0, 0.1) is 17.1 Å². The molecule has 2 aromatic rings. The molecule has 0 unspecified atom stereocenters. The van der Waals surface area contributed by atoms with Crippen LogP contribution >= 0.6 is 0 Å². The van der Waals surface area contributed by atoms with Crippen LogP contribution in [0.5, 0.6) is 5.88 Å². The predicted molar refractivity (Wildman–Crippen MR) is 102 cm³/mol. The van der Waals surface area contributed by atoms with E-state index in [1.807, 2.05) is 4.90 Å². The third-order valence-electron chi connectivity index (χ3n) is 5.10. The van der Waals surface area contributed by atoms with Crippen molar-refractivity contribution in [2.24, 2.45) is 5.92 Å². The van der Waals surface area contributed by atoms with Crippen molar-refractivity contribution in [1.29, 1.82) is 5.41 Å². The highest BCUT2D eigenvalue weighted by atomic mass is 19.1. The van der Waals surface area contributed by atoms with Crippen molar-refractivity contribution in [3.8, 4) is 5.88 Å². The molecule has 2 bridgehead atoms. The zero-order valence-electron chi connectivity index (χ0n) is 15.4. The summed E-state index contributed by atoms with van der Waals surface area (Å²) in [4.78, 5) is 22.5. The minimum Gasteiger partial charge on any atom is -0.477 e. The van der Waals surface area contributed by atoms with Crippen LogP contribution in [0.25, 0.3) is 0 Å². The number of pyridine rings is 2. The van der Waals surface area contributed by atoms with Crippen LogP contribution in [-0.4, -0.2) is 39.8 Å². The third kappa shape index (κ3) is 3.23. The molecule has 0 aliphatic carbocycles. The Hall–Kier alpha value is -3.23. The van der Waals surface area contributed by atoms with Gasteiger partial charge in [0.15, 0.2) is 0 Å². The van der Waals surface area contributed by atoms with Crippen molar-refractivity contribution in [2.45, 2.75) is 25.8 Å². The fourth-order valence-corrected chi connectivity index (χ4v) is 3.59. The van der Waals surface area contributed by atoms with Crippen molar-refractivity contribution in [1.82, 2.24) is 14.9 Å². The summed E-state index contributed by atoms with van der Waals surface area (Å²) in [5, 5.41) is 11.5. The number of carbonyl (C=O) groups excluding carboxylic acids is 1. The minimum atomic E-state index is -0.473. The average Bonchev–Trinajstić information content (AvgIpc) is 3.16. The number of hydrogen-bond acceptors (Lipinski definition) is 6. The number of carbonyl (C=O) groups is 1. The van der Waals surface area contributed by atoms with Crippen molar-refractivity contribution in [2.75, 3.05) is 24.2 Å². The van der Waals surface area contributed by atoms with Crippen LogP contribution in [0.4, 0.5) is 15.9 Å². The number of nitrogens with zero attached hydrogens (tertiary/aromatic N) is 3. The molecule has 1 fully saturated rings. The van der Waals surface area contributed by atoms with E-state index in [1.165, 1.54) is 12.3 Å². The zero-order valence-corrected chi connectivity index (χ0v) is 15.4. The van der Waals surface area contributed by atoms with Gasteiger partial charge in [0, 0.05) is 12.1 Å². The van der Waals surface area contributed by atoms with Gasteiger partial charge in [0.25, 0.3) is 0 Å². The Morgan fingerprint density at radius 3 is 3.00 bits per heavy atom. The molecule has 4 heterocycles. The second kappa shape index (κ2) is 7.06. The summed E-state index contributed by atoms with van der Waals surface area (Å²) in [6.45, 7) is 2.44. The van der Waals surface area contributed by atoms with E-state index in [9.17, 15) is 9.18 Å². The maximum absolute atomic E-state index is 14.0. The SMILES string of the molecule is C[C@@H]1COc2ncc(F)cc2[C@H]2CCCN2C(=N)c2cc(cnc2N)NC1=O. The number of ether oxygens (including phenoxy) is 1. The number of anilines is 2. The molecule has 0 spiro atoms.